The van der Waals surface area contributed by atoms with Gasteiger partial charge in [-0.15, -0.1) is 11.3 Å². The Morgan fingerprint density at radius 2 is 2.09 bits per heavy atom. The second kappa shape index (κ2) is 10.2. The highest BCUT2D eigenvalue weighted by atomic mass is 35.5. The van der Waals surface area contributed by atoms with E-state index in [-0.39, 0.29) is 31.3 Å². The van der Waals surface area contributed by atoms with Crippen LogP contribution in [0.1, 0.15) is 21.7 Å². The number of benzene rings is 1. The number of carbonyl (C=O) groups is 2. The molecular weight excluding hydrogens is 487 g/mol. The number of amidine groups is 1. The lowest BCUT2D eigenvalue weighted by Crippen LogP contribution is -2.55. The van der Waals surface area contributed by atoms with Gasteiger partial charge >= 0.3 is 0 Å². The van der Waals surface area contributed by atoms with Crippen molar-refractivity contribution in [1.29, 1.82) is 5.26 Å². The van der Waals surface area contributed by atoms with E-state index in [4.69, 9.17) is 37.9 Å². The maximum absolute atomic E-state index is 13.3. The van der Waals surface area contributed by atoms with E-state index in [2.05, 4.69) is 10.3 Å². The molecule has 1 atom stereocenters. The van der Waals surface area contributed by atoms with Crippen LogP contribution in [0, 0.1) is 11.5 Å². The predicted octanol–water partition coefficient (Wildman–Crippen LogP) is 3.47. The average Bonchev–Trinajstić information content (AvgIpc) is 3.45. The molecule has 2 aromatic rings. The van der Waals surface area contributed by atoms with Gasteiger partial charge in [-0.25, -0.2) is 0 Å². The van der Waals surface area contributed by atoms with Crippen molar-refractivity contribution in [3.05, 3.63) is 50.1 Å². The number of ether oxygens (including phenoxy) is 2. The largest absolute Gasteiger partial charge is 0.378 e. The van der Waals surface area contributed by atoms with Crippen molar-refractivity contribution in [2.24, 2.45) is 4.99 Å². The van der Waals surface area contributed by atoms with E-state index in [0.29, 0.717) is 57.5 Å². The van der Waals surface area contributed by atoms with Gasteiger partial charge in [0.15, 0.2) is 5.78 Å². The van der Waals surface area contributed by atoms with Crippen LogP contribution in [0.4, 0.5) is 5.69 Å². The standard InChI is InChI=1S/C22H20Cl2N4O4S/c23-15-9-14(1-2-16(15)28-6-8-31-11-20(28)26-13-25)10-18(29)22(5-7-32-12-22)27-21(30)17-3-4-19(24)33-17/h1-4,9H,5-8,10-12H2,(H,27,30)/t22-/m0/s1. The summed E-state index contributed by atoms with van der Waals surface area (Å²) in [4.78, 5) is 32.1. The van der Waals surface area contributed by atoms with Crippen LogP contribution in [0.3, 0.4) is 0 Å². The third-order valence-electron chi connectivity index (χ3n) is 5.55. The SMILES string of the molecule is N#CN=C1COCCN1c1ccc(CC(=O)[C@]2(NC(=O)c3ccc(Cl)s3)CCOC2)cc1Cl. The molecule has 2 aliphatic heterocycles. The summed E-state index contributed by atoms with van der Waals surface area (Å²) in [7, 11) is 0. The highest BCUT2D eigenvalue weighted by Gasteiger charge is 2.43. The molecule has 0 bridgehead atoms. The first-order valence-electron chi connectivity index (χ1n) is 10.2. The Hall–Kier alpha value is -2.48. The Morgan fingerprint density at radius 3 is 2.76 bits per heavy atom. The minimum atomic E-state index is -1.10. The first-order chi connectivity index (χ1) is 15.9. The van der Waals surface area contributed by atoms with Crippen LogP contribution >= 0.6 is 34.5 Å². The number of carbonyl (C=O) groups excluding carboxylic acids is 2. The number of amides is 1. The molecule has 0 unspecified atom stereocenters. The minimum Gasteiger partial charge on any atom is -0.378 e. The third kappa shape index (κ3) is 5.21. The van der Waals surface area contributed by atoms with Gasteiger partial charge in [0.1, 0.15) is 18.0 Å². The number of morpholine rings is 1. The molecule has 3 heterocycles. The van der Waals surface area contributed by atoms with E-state index in [1.54, 1.807) is 30.5 Å². The molecule has 0 spiro atoms. The van der Waals surface area contributed by atoms with Crippen molar-refractivity contribution in [2.45, 2.75) is 18.4 Å². The lowest BCUT2D eigenvalue weighted by molar-refractivity contribution is -0.124. The van der Waals surface area contributed by atoms with Crippen LogP contribution in [-0.4, -0.2) is 56.0 Å². The topological polar surface area (TPSA) is 104 Å². The van der Waals surface area contributed by atoms with Crippen LogP contribution in [0.15, 0.2) is 35.3 Å². The Balaban J connectivity index is 1.51. The molecule has 4 rings (SSSR count). The molecule has 1 N–H and O–H groups in total. The van der Waals surface area contributed by atoms with Crippen molar-refractivity contribution in [3.8, 4) is 6.19 Å². The maximum Gasteiger partial charge on any atom is 0.262 e. The van der Waals surface area contributed by atoms with Gasteiger partial charge in [-0.1, -0.05) is 29.3 Å². The lowest BCUT2D eigenvalue weighted by atomic mass is 9.88. The number of hydrogen-bond acceptors (Lipinski definition) is 7. The number of halogens is 2. The molecule has 2 saturated heterocycles. The molecule has 33 heavy (non-hydrogen) atoms. The fourth-order valence-corrected chi connectivity index (χ4v) is 5.08. The van der Waals surface area contributed by atoms with Gasteiger partial charge in [0, 0.05) is 26.0 Å². The van der Waals surface area contributed by atoms with E-state index < -0.39 is 5.54 Å². The summed E-state index contributed by atoms with van der Waals surface area (Å²) in [6.07, 6.45) is 2.26. The number of rotatable bonds is 6. The number of aliphatic imine (C=N–C) groups is 1. The second-order valence-corrected chi connectivity index (χ2v) is 9.78. The number of nitrogens with one attached hydrogen (secondary N) is 1. The van der Waals surface area contributed by atoms with Crippen LogP contribution in [-0.2, 0) is 20.7 Å². The number of nitriles is 1. The number of Topliss-reactive ketones (excluding diaryl/α,β-unsaturated/α-hetero) is 1. The van der Waals surface area contributed by atoms with E-state index in [0.717, 1.165) is 11.3 Å². The van der Waals surface area contributed by atoms with Gasteiger partial charge in [0.05, 0.1) is 33.1 Å². The molecule has 1 aromatic carbocycles. The van der Waals surface area contributed by atoms with Gasteiger partial charge in [-0.05, 0) is 29.8 Å². The summed E-state index contributed by atoms with van der Waals surface area (Å²) in [6.45, 7) is 1.72. The van der Waals surface area contributed by atoms with Crippen LogP contribution in [0.25, 0.3) is 0 Å². The van der Waals surface area contributed by atoms with E-state index in [1.165, 1.54) is 0 Å². The summed E-state index contributed by atoms with van der Waals surface area (Å²) in [5.74, 6) is -0.0263. The van der Waals surface area contributed by atoms with Gasteiger partial charge in [-0.2, -0.15) is 10.3 Å². The molecule has 172 valence electrons. The zero-order valence-corrected chi connectivity index (χ0v) is 19.8. The van der Waals surface area contributed by atoms with Crippen molar-refractivity contribution in [2.75, 3.05) is 37.9 Å². The second-order valence-electron chi connectivity index (χ2n) is 7.66. The summed E-state index contributed by atoms with van der Waals surface area (Å²) in [5.41, 5.74) is 0.294. The van der Waals surface area contributed by atoms with Crippen LogP contribution < -0.4 is 10.2 Å². The summed E-state index contributed by atoms with van der Waals surface area (Å²) in [5, 5.41) is 12.2. The molecule has 0 saturated carbocycles. The van der Waals surface area contributed by atoms with E-state index >= 15 is 0 Å². The van der Waals surface area contributed by atoms with Gasteiger partial charge in [0.25, 0.3) is 5.91 Å². The molecule has 8 nitrogen and oxygen atoms in total. The lowest BCUT2D eigenvalue weighted by Gasteiger charge is -2.30. The van der Waals surface area contributed by atoms with Crippen molar-refractivity contribution in [1.82, 2.24) is 5.32 Å². The van der Waals surface area contributed by atoms with E-state index in [1.807, 2.05) is 11.0 Å². The first kappa shape index (κ1) is 23.7. The number of anilines is 1. The molecule has 2 fully saturated rings. The molecule has 0 radical (unpaired) electrons. The first-order valence-corrected chi connectivity index (χ1v) is 11.8. The van der Waals surface area contributed by atoms with Gasteiger partial charge in [0.2, 0.25) is 6.19 Å². The molecule has 2 aliphatic rings. The van der Waals surface area contributed by atoms with Gasteiger partial charge < -0.3 is 19.7 Å². The quantitative estimate of drug-likeness (QED) is 0.601. The molecular formula is C22H20Cl2N4O4S. The maximum atomic E-state index is 13.3. The molecule has 1 amide bonds. The van der Waals surface area contributed by atoms with Crippen LogP contribution in [0.2, 0.25) is 9.36 Å². The normalized spacial score (nSPS) is 21.7. The molecule has 11 heteroatoms. The number of thiophene rings is 1. The summed E-state index contributed by atoms with van der Waals surface area (Å²) >= 11 is 13.6. The number of ketones is 1. The number of nitrogens with zero attached hydrogens (tertiary/aromatic N) is 3. The average molecular weight is 507 g/mol. The highest BCUT2D eigenvalue weighted by molar-refractivity contribution is 7.18. The fraction of sp³-hybridized carbons (Fsp3) is 0.364. The fourth-order valence-electron chi connectivity index (χ4n) is 3.84. The van der Waals surface area contributed by atoms with Crippen LogP contribution in [0.5, 0.6) is 0 Å². The highest BCUT2D eigenvalue weighted by Crippen LogP contribution is 2.30. The zero-order valence-electron chi connectivity index (χ0n) is 17.5. The molecule has 0 aliphatic carbocycles. The molecule has 1 aromatic heterocycles. The Bertz CT molecular complexity index is 1140. The summed E-state index contributed by atoms with van der Waals surface area (Å²) in [6, 6.07) is 8.60. The van der Waals surface area contributed by atoms with E-state index in [9.17, 15) is 9.59 Å². The monoisotopic (exact) mass is 506 g/mol. The Labute approximate surface area is 204 Å². The Morgan fingerprint density at radius 1 is 1.24 bits per heavy atom. The van der Waals surface area contributed by atoms with Crippen molar-refractivity contribution in [3.63, 3.8) is 0 Å². The Kier molecular flexibility index (Phi) is 7.32. The predicted molar refractivity (Wildman–Crippen MR) is 126 cm³/mol. The number of hydrogen-bond donors (Lipinski definition) is 1. The zero-order chi connectivity index (χ0) is 23.4. The van der Waals surface area contributed by atoms with Crippen molar-refractivity contribution >= 4 is 57.8 Å². The summed E-state index contributed by atoms with van der Waals surface area (Å²) < 4.78 is 11.3. The van der Waals surface area contributed by atoms with Crippen molar-refractivity contribution < 1.29 is 19.1 Å². The third-order valence-corrected chi connectivity index (χ3v) is 7.09. The smallest absolute Gasteiger partial charge is 0.262 e. The van der Waals surface area contributed by atoms with Gasteiger partial charge in [-0.3, -0.25) is 9.59 Å². The minimum absolute atomic E-state index is 0.0804.